The zero-order chi connectivity index (χ0) is 19.2. The maximum Gasteiger partial charge on any atom is 0.329 e. The molecule has 0 fully saturated rings. The van der Waals surface area contributed by atoms with E-state index in [0.29, 0.717) is 42.3 Å². The molecule has 0 aliphatic rings. The van der Waals surface area contributed by atoms with Crippen molar-refractivity contribution < 1.29 is 24.0 Å². The Morgan fingerprint density at radius 1 is 1.27 bits per heavy atom. The fourth-order valence-corrected chi connectivity index (χ4v) is 2.39. The zero-order valence-corrected chi connectivity index (χ0v) is 15.1. The topological polar surface area (TPSA) is 115 Å². The van der Waals surface area contributed by atoms with Gasteiger partial charge >= 0.3 is 5.97 Å². The van der Waals surface area contributed by atoms with Gasteiger partial charge in [-0.3, -0.25) is 4.79 Å². The quantitative estimate of drug-likeness (QED) is 0.705. The molecule has 0 saturated carbocycles. The van der Waals surface area contributed by atoms with Crippen molar-refractivity contribution in [3.8, 4) is 5.75 Å². The molecular weight excluding hydrogens is 338 g/mol. The number of carboxylic acid groups (broad SMARTS) is 1. The highest BCUT2D eigenvalue weighted by Crippen LogP contribution is 2.17. The summed E-state index contributed by atoms with van der Waals surface area (Å²) < 4.78 is 10.5. The summed E-state index contributed by atoms with van der Waals surface area (Å²) in [6.07, 6.45) is 1.65. The van der Waals surface area contributed by atoms with Crippen LogP contribution in [-0.2, 0) is 17.8 Å². The van der Waals surface area contributed by atoms with Crippen molar-refractivity contribution in [1.29, 1.82) is 0 Å². The maximum atomic E-state index is 12.3. The molecule has 140 valence electrons. The second kappa shape index (κ2) is 8.46. The van der Waals surface area contributed by atoms with E-state index < -0.39 is 17.4 Å². The number of carbonyl (C=O) groups excluding carboxylic acids is 1. The molecule has 26 heavy (non-hydrogen) atoms. The SMILES string of the molecule is CCCC(C)(NC(=O)c1ccc(OCc2noc(CC)n2)cc1)C(=O)O. The van der Waals surface area contributed by atoms with Gasteiger partial charge in [0.25, 0.3) is 5.91 Å². The van der Waals surface area contributed by atoms with E-state index >= 15 is 0 Å². The number of nitrogens with one attached hydrogen (secondary N) is 1. The number of aromatic nitrogens is 2. The highest BCUT2D eigenvalue weighted by atomic mass is 16.5. The van der Waals surface area contributed by atoms with Crippen molar-refractivity contribution in [3.63, 3.8) is 0 Å². The summed E-state index contributed by atoms with van der Waals surface area (Å²) in [7, 11) is 0. The Morgan fingerprint density at radius 3 is 2.50 bits per heavy atom. The van der Waals surface area contributed by atoms with Gasteiger partial charge in [0.1, 0.15) is 11.3 Å². The molecule has 0 aliphatic heterocycles. The van der Waals surface area contributed by atoms with Crippen molar-refractivity contribution in [3.05, 3.63) is 41.5 Å². The second-order valence-corrected chi connectivity index (χ2v) is 6.11. The summed E-state index contributed by atoms with van der Waals surface area (Å²) in [5.41, 5.74) is -0.940. The van der Waals surface area contributed by atoms with Gasteiger partial charge in [0.05, 0.1) is 0 Å². The lowest BCUT2D eigenvalue weighted by Crippen LogP contribution is -2.52. The van der Waals surface area contributed by atoms with Crippen LogP contribution in [0.2, 0.25) is 0 Å². The lowest BCUT2D eigenvalue weighted by molar-refractivity contribution is -0.144. The van der Waals surface area contributed by atoms with Crippen molar-refractivity contribution in [2.24, 2.45) is 0 Å². The Bertz CT molecular complexity index is 756. The first-order chi connectivity index (χ1) is 12.4. The van der Waals surface area contributed by atoms with Crippen LogP contribution in [-0.4, -0.2) is 32.7 Å². The number of hydrogen-bond donors (Lipinski definition) is 2. The predicted molar refractivity (Wildman–Crippen MR) is 92.9 cm³/mol. The fraction of sp³-hybridized carbons (Fsp3) is 0.444. The monoisotopic (exact) mass is 361 g/mol. The molecular formula is C18H23N3O5. The van der Waals surface area contributed by atoms with Gasteiger partial charge in [0, 0.05) is 12.0 Å². The molecule has 2 N–H and O–H groups in total. The fourth-order valence-electron chi connectivity index (χ4n) is 2.39. The summed E-state index contributed by atoms with van der Waals surface area (Å²) >= 11 is 0. The number of benzene rings is 1. The third-order valence-corrected chi connectivity index (χ3v) is 3.91. The Hall–Kier alpha value is -2.90. The molecule has 1 heterocycles. The molecule has 1 aromatic heterocycles. The minimum Gasteiger partial charge on any atom is -0.485 e. The van der Waals surface area contributed by atoms with Crippen LogP contribution in [0.4, 0.5) is 0 Å². The Balaban J connectivity index is 1.97. The summed E-state index contributed by atoms with van der Waals surface area (Å²) in [5, 5.41) is 15.7. The lowest BCUT2D eigenvalue weighted by atomic mass is 9.96. The number of carbonyl (C=O) groups is 2. The van der Waals surface area contributed by atoms with Crippen LogP contribution in [0.5, 0.6) is 5.75 Å². The van der Waals surface area contributed by atoms with Crippen molar-refractivity contribution >= 4 is 11.9 Å². The van der Waals surface area contributed by atoms with Crippen molar-refractivity contribution in [1.82, 2.24) is 15.5 Å². The Morgan fingerprint density at radius 2 is 1.96 bits per heavy atom. The van der Waals surface area contributed by atoms with E-state index in [1.54, 1.807) is 24.3 Å². The molecule has 2 aromatic rings. The minimum absolute atomic E-state index is 0.155. The van der Waals surface area contributed by atoms with E-state index in [0.717, 1.165) is 0 Å². The molecule has 1 aromatic carbocycles. The van der Waals surface area contributed by atoms with Gasteiger partial charge in [-0.15, -0.1) is 0 Å². The molecule has 1 atom stereocenters. The van der Waals surface area contributed by atoms with E-state index in [1.165, 1.54) is 6.92 Å². The highest BCUT2D eigenvalue weighted by Gasteiger charge is 2.34. The molecule has 8 nitrogen and oxygen atoms in total. The number of rotatable bonds is 9. The van der Waals surface area contributed by atoms with Gasteiger partial charge in [0.15, 0.2) is 6.61 Å². The molecule has 2 rings (SSSR count). The highest BCUT2D eigenvalue weighted by molar-refractivity contribution is 5.97. The molecule has 0 aliphatic carbocycles. The minimum atomic E-state index is -1.30. The van der Waals surface area contributed by atoms with E-state index in [1.807, 2.05) is 13.8 Å². The molecule has 1 unspecified atom stereocenters. The van der Waals surface area contributed by atoms with Gasteiger partial charge in [-0.1, -0.05) is 25.4 Å². The molecule has 0 bridgehead atoms. The lowest BCUT2D eigenvalue weighted by Gasteiger charge is -2.25. The van der Waals surface area contributed by atoms with Crippen LogP contribution < -0.4 is 10.1 Å². The van der Waals surface area contributed by atoms with Gasteiger partial charge in [0.2, 0.25) is 11.7 Å². The van der Waals surface area contributed by atoms with Crippen LogP contribution in [0.25, 0.3) is 0 Å². The van der Waals surface area contributed by atoms with Crippen molar-refractivity contribution in [2.45, 2.75) is 52.2 Å². The van der Waals surface area contributed by atoms with E-state index in [9.17, 15) is 14.7 Å². The van der Waals surface area contributed by atoms with Crippen LogP contribution in [0.15, 0.2) is 28.8 Å². The van der Waals surface area contributed by atoms with Gasteiger partial charge in [-0.25, -0.2) is 4.79 Å². The largest absolute Gasteiger partial charge is 0.485 e. The summed E-state index contributed by atoms with van der Waals surface area (Å²) in [6.45, 7) is 5.44. The predicted octanol–water partition coefficient (Wildman–Crippen LogP) is 2.58. The third-order valence-electron chi connectivity index (χ3n) is 3.91. The first-order valence-corrected chi connectivity index (χ1v) is 8.48. The van der Waals surface area contributed by atoms with Crippen LogP contribution in [0, 0.1) is 0 Å². The number of ether oxygens (including phenoxy) is 1. The third kappa shape index (κ3) is 4.81. The van der Waals surface area contributed by atoms with E-state index in [4.69, 9.17) is 9.26 Å². The average Bonchev–Trinajstić information content (AvgIpc) is 3.08. The van der Waals surface area contributed by atoms with Crippen LogP contribution in [0.1, 0.15) is 55.7 Å². The van der Waals surface area contributed by atoms with Gasteiger partial charge in [-0.05, 0) is 37.6 Å². The Kier molecular flexibility index (Phi) is 6.32. The molecule has 1 amide bonds. The average molecular weight is 361 g/mol. The maximum absolute atomic E-state index is 12.3. The molecule has 0 spiro atoms. The number of hydrogen-bond acceptors (Lipinski definition) is 6. The first kappa shape index (κ1) is 19.4. The second-order valence-electron chi connectivity index (χ2n) is 6.11. The number of amides is 1. The zero-order valence-electron chi connectivity index (χ0n) is 15.1. The summed E-state index contributed by atoms with van der Waals surface area (Å²) in [4.78, 5) is 27.9. The molecule has 8 heteroatoms. The smallest absolute Gasteiger partial charge is 0.329 e. The number of carboxylic acids is 1. The van der Waals surface area contributed by atoms with Gasteiger partial charge < -0.3 is 19.7 Å². The summed E-state index contributed by atoms with van der Waals surface area (Å²) in [5.74, 6) is 0.0310. The molecule has 0 saturated heterocycles. The first-order valence-electron chi connectivity index (χ1n) is 8.48. The van der Waals surface area contributed by atoms with E-state index in [-0.39, 0.29) is 6.61 Å². The summed E-state index contributed by atoms with van der Waals surface area (Å²) in [6, 6.07) is 6.42. The number of aryl methyl sites for hydroxylation is 1. The number of nitrogens with zero attached hydrogens (tertiary/aromatic N) is 2. The van der Waals surface area contributed by atoms with E-state index in [2.05, 4.69) is 15.5 Å². The normalized spacial score (nSPS) is 13.0. The van der Waals surface area contributed by atoms with Crippen molar-refractivity contribution in [2.75, 3.05) is 0 Å². The van der Waals surface area contributed by atoms with Crippen LogP contribution >= 0.6 is 0 Å². The Labute approximate surface area is 151 Å². The van der Waals surface area contributed by atoms with Gasteiger partial charge in [-0.2, -0.15) is 4.98 Å². The number of aliphatic carboxylic acids is 1. The standard InChI is InChI=1S/C18H23N3O5/c1-4-10-18(3,17(23)24)20-16(22)12-6-8-13(9-7-12)25-11-14-19-15(5-2)26-21-14/h6-9H,4-5,10-11H2,1-3H3,(H,20,22)(H,23,24). The molecule has 0 radical (unpaired) electrons. The van der Waals surface area contributed by atoms with Crippen LogP contribution in [0.3, 0.4) is 0 Å².